The molecule has 14 heteroatoms. The lowest BCUT2D eigenvalue weighted by Crippen LogP contribution is -2.53. The normalized spacial score (nSPS) is 20.6. The number of fused-ring (bicyclic) bond motifs is 2. The Labute approximate surface area is 257 Å². The van der Waals surface area contributed by atoms with Crippen molar-refractivity contribution in [3.8, 4) is 17.4 Å². The van der Waals surface area contributed by atoms with E-state index in [0.29, 0.717) is 24.0 Å². The molecule has 3 heterocycles. The van der Waals surface area contributed by atoms with Crippen LogP contribution in [-0.4, -0.2) is 85.1 Å². The van der Waals surface area contributed by atoms with Crippen LogP contribution in [0, 0.1) is 0 Å². The highest BCUT2D eigenvalue weighted by molar-refractivity contribution is 6.03. The van der Waals surface area contributed by atoms with Gasteiger partial charge in [0.1, 0.15) is 17.1 Å². The number of carbonyl (C=O) groups is 2. The Bertz CT molecular complexity index is 1650. The second-order valence-corrected chi connectivity index (χ2v) is 11.5. The van der Waals surface area contributed by atoms with Gasteiger partial charge in [-0.1, -0.05) is 12.1 Å². The fourth-order valence-electron chi connectivity index (χ4n) is 6.08. The lowest BCUT2D eigenvalue weighted by molar-refractivity contribution is -0.139. The molecular formula is C31H33F3N6O5. The second-order valence-electron chi connectivity index (χ2n) is 11.5. The first-order valence-corrected chi connectivity index (χ1v) is 14.5. The fraction of sp³-hybridized carbons (Fsp3) is 0.419. The molecule has 1 saturated heterocycles. The number of carbonyl (C=O) groups excluding carboxylic acids is 2. The zero-order chi connectivity index (χ0) is 32.1. The standard InChI is InChI=1S/C31H33F3N6O5/c1-39-13-10-21(24(16-39)44-4)36-26(41)17-8-9-20(23(14-17)43-3)37-29-35-15-19(31(32,33)34)27(38-29)45-22-7-5-6-18-25(22)28(42)40(2)30(18)11-12-30/h5-9,14-15,21,24H,10-13,16H2,1-4H3,(H,36,41)(H,35,37,38). The molecule has 1 aromatic heterocycles. The van der Waals surface area contributed by atoms with Gasteiger partial charge in [-0.3, -0.25) is 9.59 Å². The van der Waals surface area contributed by atoms with Crippen molar-refractivity contribution in [1.82, 2.24) is 25.1 Å². The number of ether oxygens (including phenoxy) is 3. The molecule has 3 aromatic rings. The molecule has 2 unspecified atom stereocenters. The Morgan fingerprint density at radius 3 is 2.58 bits per heavy atom. The highest BCUT2D eigenvalue weighted by Gasteiger charge is 2.57. The van der Waals surface area contributed by atoms with Crippen LogP contribution in [0.2, 0.25) is 0 Å². The molecule has 1 aliphatic carbocycles. The summed E-state index contributed by atoms with van der Waals surface area (Å²) in [6.07, 6.45) is -2.09. The molecule has 1 saturated carbocycles. The van der Waals surface area contributed by atoms with Crippen molar-refractivity contribution in [3.05, 3.63) is 64.8 Å². The fourth-order valence-corrected chi connectivity index (χ4v) is 6.08. The predicted molar refractivity (Wildman–Crippen MR) is 157 cm³/mol. The van der Waals surface area contributed by atoms with Crippen molar-refractivity contribution < 1.29 is 37.0 Å². The van der Waals surface area contributed by atoms with E-state index >= 15 is 0 Å². The van der Waals surface area contributed by atoms with E-state index in [2.05, 4.69) is 25.5 Å². The summed E-state index contributed by atoms with van der Waals surface area (Å²) in [6.45, 7) is 1.50. The molecule has 6 rings (SSSR count). The highest BCUT2D eigenvalue weighted by Crippen LogP contribution is 2.57. The third-order valence-electron chi connectivity index (χ3n) is 8.77. The zero-order valence-corrected chi connectivity index (χ0v) is 25.2. The summed E-state index contributed by atoms with van der Waals surface area (Å²) >= 11 is 0. The van der Waals surface area contributed by atoms with E-state index in [4.69, 9.17) is 14.2 Å². The molecule has 2 amide bonds. The average molecular weight is 627 g/mol. The molecule has 2 aliphatic heterocycles. The first-order valence-electron chi connectivity index (χ1n) is 14.5. The van der Waals surface area contributed by atoms with Crippen molar-refractivity contribution in [3.63, 3.8) is 0 Å². The molecule has 0 radical (unpaired) electrons. The molecule has 45 heavy (non-hydrogen) atoms. The van der Waals surface area contributed by atoms with Gasteiger partial charge < -0.3 is 34.6 Å². The van der Waals surface area contributed by atoms with Crippen molar-refractivity contribution >= 4 is 23.5 Å². The van der Waals surface area contributed by atoms with Gasteiger partial charge in [-0.25, -0.2) is 4.98 Å². The number of likely N-dealkylation sites (tertiary alicyclic amines) is 1. The zero-order valence-electron chi connectivity index (χ0n) is 25.2. The number of hydrogen-bond acceptors (Lipinski definition) is 9. The van der Waals surface area contributed by atoms with E-state index < -0.39 is 23.2 Å². The van der Waals surface area contributed by atoms with Gasteiger partial charge in [0.05, 0.1) is 36.0 Å². The summed E-state index contributed by atoms with van der Waals surface area (Å²) in [5.41, 5.74) is -0.0450. The Kier molecular flexibility index (Phi) is 7.81. The summed E-state index contributed by atoms with van der Waals surface area (Å²) in [4.78, 5) is 37.8. The number of piperidine rings is 1. The number of hydrogen-bond donors (Lipinski definition) is 2. The molecule has 11 nitrogen and oxygen atoms in total. The minimum atomic E-state index is -4.83. The number of halogens is 3. The van der Waals surface area contributed by atoms with E-state index in [1.165, 1.54) is 19.2 Å². The Morgan fingerprint density at radius 2 is 1.89 bits per heavy atom. The third kappa shape index (κ3) is 5.63. The smallest absolute Gasteiger partial charge is 0.423 e. The van der Waals surface area contributed by atoms with Gasteiger partial charge in [-0.05, 0) is 62.7 Å². The molecule has 2 atom stereocenters. The number of alkyl halides is 3. The molecule has 2 aromatic carbocycles. The van der Waals surface area contributed by atoms with Gasteiger partial charge in [-0.15, -0.1) is 0 Å². The summed E-state index contributed by atoms with van der Waals surface area (Å²) in [6, 6.07) is 9.35. The van der Waals surface area contributed by atoms with E-state index in [-0.39, 0.29) is 47.0 Å². The summed E-state index contributed by atoms with van der Waals surface area (Å²) in [5.74, 6) is -1.39. The van der Waals surface area contributed by atoms with E-state index in [1.54, 1.807) is 43.3 Å². The van der Waals surface area contributed by atoms with Crippen LogP contribution in [0.3, 0.4) is 0 Å². The quantitative estimate of drug-likeness (QED) is 0.371. The molecule has 1 spiro atoms. The minimum Gasteiger partial charge on any atom is -0.495 e. The van der Waals surface area contributed by atoms with E-state index in [9.17, 15) is 22.8 Å². The van der Waals surface area contributed by atoms with Gasteiger partial charge in [-0.2, -0.15) is 18.2 Å². The number of nitrogens with zero attached hydrogens (tertiary/aromatic N) is 4. The minimum absolute atomic E-state index is 0.0171. The van der Waals surface area contributed by atoms with Gasteiger partial charge in [0.2, 0.25) is 11.8 Å². The van der Waals surface area contributed by atoms with Crippen molar-refractivity contribution in [1.29, 1.82) is 0 Å². The van der Waals surface area contributed by atoms with Crippen molar-refractivity contribution in [2.45, 2.75) is 43.1 Å². The summed E-state index contributed by atoms with van der Waals surface area (Å²) in [7, 11) is 6.69. The van der Waals surface area contributed by atoms with Gasteiger partial charge in [0, 0.05) is 32.5 Å². The Morgan fingerprint density at radius 1 is 1.11 bits per heavy atom. The lowest BCUT2D eigenvalue weighted by Gasteiger charge is -2.36. The molecule has 2 fully saturated rings. The number of aromatic nitrogens is 2. The average Bonchev–Trinajstić information content (AvgIpc) is 3.79. The van der Waals surface area contributed by atoms with Crippen LogP contribution in [-0.2, 0) is 16.5 Å². The number of rotatable bonds is 8. The van der Waals surface area contributed by atoms with E-state index in [0.717, 1.165) is 31.4 Å². The maximum absolute atomic E-state index is 14.0. The Balaban J connectivity index is 1.25. The Hall–Kier alpha value is -4.43. The van der Waals surface area contributed by atoms with Crippen LogP contribution in [0.4, 0.5) is 24.8 Å². The molecule has 2 N–H and O–H groups in total. The third-order valence-corrected chi connectivity index (χ3v) is 8.77. The summed E-state index contributed by atoms with van der Waals surface area (Å²) in [5, 5.41) is 5.88. The lowest BCUT2D eigenvalue weighted by atomic mass is 10.0. The second kappa shape index (κ2) is 11.5. The SMILES string of the molecule is COc1cc(C(=O)NC2CCN(C)CC2OC)ccc1Nc1ncc(C(F)(F)F)c(Oc2cccc3c2C(=O)N(C)C32CC2)n1. The van der Waals surface area contributed by atoms with E-state index in [1.807, 2.05) is 7.05 Å². The number of methoxy groups -OCH3 is 2. The van der Waals surface area contributed by atoms with Crippen molar-refractivity contribution in [2.24, 2.45) is 0 Å². The van der Waals surface area contributed by atoms with Gasteiger partial charge >= 0.3 is 6.18 Å². The maximum atomic E-state index is 14.0. The predicted octanol–water partition coefficient (Wildman–Crippen LogP) is 4.56. The van der Waals surface area contributed by atoms with Crippen LogP contribution in [0.25, 0.3) is 0 Å². The number of amides is 2. The maximum Gasteiger partial charge on any atom is 0.423 e. The number of anilines is 2. The molecular weight excluding hydrogens is 593 g/mol. The van der Waals surface area contributed by atoms with Crippen LogP contribution < -0.4 is 20.1 Å². The molecule has 3 aliphatic rings. The highest BCUT2D eigenvalue weighted by atomic mass is 19.4. The van der Waals surface area contributed by atoms with Crippen LogP contribution in [0.5, 0.6) is 17.4 Å². The largest absolute Gasteiger partial charge is 0.495 e. The van der Waals surface area contributed by atoms with Crippen molar-refractivity contribution in [2.75, 3.05) is 46.7 Å². The number of nitrogens with one attached hydrogen (secondary N) is 2. The first-order chi connectivity index (χ1) is 21.4. The summed E-state index contributed by atoms with van der Waals surface area (Å²) < 4.78 is 58.8. The van der Waals surface area contributed by atoms with Gasteiger partial charge in [0.25, 0.3) is 11.8 Å². The van der Waals surface area contributed by atoms with Crippen LogP contribution >= 0.6 is 0 Å². The van der Waals surface area contributed by atoms with Gasteiger partial charge in [0.15, 0.2) is 0 Å². The number of likely N-dealkylation sites (N-methyl/N-ethyl adjacent to an activating group) is 1. The first kappa shape index (κ1) is 30.6. The number of benzene rings is 2. The van der Waals surface area contributed by atoms with Crippen LogP contribution in [0.15, 0.2) is 42.6 Å². The molecule has 238 valence electrons. The monoisotopic (exact) mass is 626 g/mol. The molecule has 0 bridgehead atoms. The van der Waals surface area contributed by atoms with Crippen LogP contribution in [0.1, 0.15) is 51.1 Å². The topological polar surface area (TPSA) is 118 Å².